The quantitative estimate of drug-likeness (QED) is 0.113. The van der Waals surface area contributed by atoms with E-state index in [-0.39, 0.29) is 0 Å². The van der Waals surface area contributed by atoms with E-state index in [0.717, 1.165) is 21.9 Å². The lowest BCUT2D eigenvalue weighted by molar-refractivity contribution is 0.592. The van der Waals surface area contributed by atoms with Gasteiger partial charge in [0.1, 0.15) is 11.6 Å². The van der Waals surface area contributed by atoms with Crippen molar-refractivity contribution in [2.75, 3.05) is 0 Å². The summed E-state index contributed by atoms with van der Waals surface area (Å²) >= 11 is 0. The Labute approximate surface area is 253 Å². The predicted octanol–water partition coefficient (Wildman–Crippen LogP) is 9.88. The molecule has 210 valence electrons. The third-order valence-corrected chi connectivity index (χ3v) is 11.7. The van der Waals surface area contributed by atoms with Crippen molar-refractivity contribution in [2.45, 2.75) is 0 Å². The van der Waals surface area contributed by atoms with Crippen LogP contribution in [0.4, 0.5) is 8.78 Å². The smallest absolute Gasteiger partial charge is 0.171 e. The van der Waals surface area contributed by atoms with Crippen LogP contribution < -0.4 is 15.9 Å². The van der Waals surface area contributed by atoms with E-state index < -0.39 is 18.8 Å². The van der Waals surface area contributed by atoms with E-state index >= 15 is 0 Å². The molecule has 0 aliphatic heterocycles. The molecule has 0 amide bonds. The van der Waals surface area contributed by atoms with Crippen LogP contribution in [0, 0.1) is 11.6 Å². The van der Waals surface area contributed by atoms with Gasteiger partial charge in [-0.2, -0.15) is 0 Å². The molecule has 0 bridgehead atoms. The van der Waals surface area contributed by atoms with E-state index in [1.807, 2.05) is 24.3 Å². The highest BCUT2D eigenvalue weighted by Gasteiger charge is 2.30. The Morgan fingerprint density at radius 2 is 0.818 bits per heavy atom. The van der Waals surface area contributed by atoms with Crippen LogP contribution in [-0.4, -0.2) is 0 Å². The van der Waals surface area contributed by atoms with Crippen LogP contribution >= 0.6 is 7.14 Å². The maximum atomic E-state index is 15.0. The molecule has 0 N–H and O–H groups in total. The fraction of sp³-hybridized carbons (Fsp3) is 0. The lowest BCUT2D eigenvalue weighted by Gasteiger charge is -2.21. The van der Waals surface area contributed by atoms with Gasteiger partial charge in [-0.15, -0.1) is 0 Å². The molecule has 44 heavy (non-hydrogen) atoms. The van der Waals surface area contributed by atoms with Gasteiger partial charge in [-0.3, -0.25) is 0 Å². The molecule has 0 aromatic heterocycles. The van der Waals surface area contributed by atoms with Crippen molar-refractivity contribution in [1.29, 1.82) is 0 Å². The van der Waals surface area contributed by atoms with Gasteiger partial charge in [0.25, 0.3) is 0 Å². The average molecular weight is 591 g/mol. The molecule has 0 aliphatic rings. The lowest BCUT2D eigenvalue weighted by atomic mass is 9.86. The van der Waals surface area contributed by atoms with Crippen molar-refractivity contribution < 1.29 is 13.3 Å². The lowest BCUT2D eigenvalue weighted by Crippen LogP contribution is -2.25. The second-order valence-electron chi connectivity index (χ2n) is 11.1. The summed E-state index contributed by atoms with van der Waals surface area (Å²) in [6.07, 6.45) is 0. The number of rotatable bonds is 4. The van der Waals surface area contributed by atoms with Gasteiger partial charge in [-0.1, -0.05) is 97.1 Å². The number of fused-ring (bicyclic) bond motifs is 7. The molecule has 0 atom stereocenters. The highest BCUT2D eigenvalue weighted by Crippen LogP contribution is 2.46. The Hall–Kier alpha value is -5.11. The number of benzene rings is 8. The summed E-state index contributed by atoms with van der Waals surface area (Å²) in [7, 11) is -3.43. The minimum Gasteiger partial charge on any atom is -0.309 e. The zero-order valence-corrected chi connectivity index (χ0v) is 24.4. The van der Waals surface area contributed by atoms with E-state index in [9.17, 15) is 13.3 Å². The molecule has 4 heteroatoms. The van der Waals surface area contributed by atoms with Gasteiger partial charge < -0.3 is 4.57 Å². The minimum absolute atomic E-state index is 0.405. The molecule has 8 aromatic rings. The molecule has 8 aromatic carbocycles. The highest BCUT2D eigenvalue weighted by molar-refractivity contribution is 7.85. The third kappa shape index (κ3) is 4.08. The summed E-state index contributed by atoms with van der Waals surface area (Å²) in [6.45, 7) is 0. The maximum absolute atomic E-state index is 15.0. The Bertz CT molecular complexity index is 2360. The molecular formula is C40H25F2OP. The topological polar surface area (TPSA) is 17.1 Å². The summed E-state index contributed by atoms with van der Waals surface area (Å²) in [5.74, 6) is -0.810. The summed E-state index contributed by atoms with van der Waals surface area (Å²) in [5.41, 5.74) is 2.12. The van der Waals surface area contributed by atoms with Gasteiger partial charge in [-0.25, -0.2) is 8.78 Å². The highest BCUT2D eigenvalue weighted by atomic mass is 31.2. The normalized spacial score (nSPS) is 12.0. The first-order valence-electron chi connectivity index (χ1n) is 14.5. The minimum atomic E-state index is -3.43. The van der Waals surface area contributed by atoms with E-state index in [1.54, 1.807) is 24.3 Å². The molecule has 0 radical (unpaired) electrons. The van der Waals surface area contributed by atoms with Crippen LogP contribution in [0.1, 0.15) is 0 Å². The molecule has 0 saturated heterocycles. The van der Waals surface area contributed by atoms with Gasteiger partial charge >= 0.3 is 0 Å². The zero-order chi connectivity index (χ0) is 29.8. The molecule has 0 aliphatic carbocycles. The Balaban J connectivity index is 1.42. The van der Waals surface area contributed by atoms with Crippen molar-refractivity contribution in [3.05, 3.63) is 163 Å². The third-order valence-electron chi connectivity index (χ3n) is 8.65. The molecule has 8 rings (SSSR count). The molecule has 1 nitrogen and oxygen atoms in total. The van der Waals surface area contributed by atoms with E-state index in [1.165, 1.54) is 56.6 Å². The van der Waals surface area contributed by atoms with E-state index in [4.69, 9.17) is 0 Å². The largest absolute Gasteiger partial charge is 0.309 e. The van der Waals surface area contributed by atoms with Crippen molar-refractivity contribution in [3.8, 4) is 11.1 Å². The number of hydrogen-bond donors (Lipinski definition) is 0. The average Bonchev–Trinajstić information content (AvgIpc) is 3.08. The Morgan fingerprint density at radius 1 is 0.409 bits per heavy atom. The Morgan fingerprint density at radius 3 is 1.36 bits per heavy atom. The molecule has 0 spiro atoms. The molecule has 0 heterocycles. The second-order valence-corrected chi connectivity index (χ2v) is 13.9. The Kier molecular flexibility index (Phi) is 6.18. The van der Waals surface area contributed by atoms with Crippen molar-refractivity contribution in [3.63, 3.8) is 0 Å². The maximum Gasteiger partial charge on any atom is 0.171 e. The predicted molar refractivity (Wildman–Crippen MR) is 181 cm³/mol. The standard InChI is InChI=1S/C40H25F2OP/c41-28-15-21-31(22-16-28)44(43,32-23-17-29(42)18-24-32)30-19-13-26(14-20-30)39-33-8-2-1-7-27(33)25-38-36-11-4-3-9-34(36)35-10-5-6-12-37(35)40(38)39/h1-25H. The number of hydrogen-bond acceptors (Lipinski definition) is 1. The fourth-order valence-corrected chi connectivity index (χ4v) is 9.22. The fourth-order valence-electron chi connectivity index (χ4n) is 6.62. The van der Waals surface area contributed by atoms with Crippen LogP contribution in [0.15, 0.2) is 152 Å². The summed E-state index contributed by atoms with van der Waals surface area (Å²) in [4.78, 5) is 0. The van der Waals surface area contributed by atoms with Crippen LogP contribution in [0.2, 0.25) is 0 Å². The summed E-state index contributed by atoms with van der Waals surface area (Å²) in [6, 6.07) is 47.2. The van der Waals surface area contributed by atoms with Crippen LogP contribution in [0.25, 0.3) is 54.2 Å². The van der Waals surface area contributed by atoms with Crippen LogP contribution in [0.3, 0.4) is 0 Å². The van der Waals surface area contributed by atoms with Gasteiger partial charge in [0.05, 0.1) is 0 Å². The molecule has 0 fully saturated rings. The van der Waals surface area contributed by atoms with Crippen LogP contribution in [0.5, 0.6) is 0 Å². The molecular weight excluding hydrogens is 565 g/mol. The SMILES string of the molecule is O=P(c1ccc(F)cc1)(c1ccc(F)cc1)c1ccc(-c2c3ccccc3cc3c4ccccc4c4ccccc4c23)cc1. The molecule has 0 unspecified atom stereocenters. The summed E-state index contributed by atoms with van der Waals surface area (Å²) < 4.78 is 42.8. The van der Waals surface area contributed by atoms with E-state index in [2.05, 4.69) is 78.9 Å². The van der Waals surface area contributed by atoms with E-state index in [0.29, 0.717) is 15.9 Å². The first-order chi connectivity index (χ1) is 21.5. The number of halogens is 2. The molecule has 0 saturated carbocycles. The first-order valence-corrected chi connectivity index (χ1v) is 16.2. The van der Waals surface area contributed by atoms with Gasteiger partial charge in [0.2, 0.25) is 0 Å². The zero-order valence-electron chi connectivity index (χ0n) is 23.5. The summed E-state index contributed by atoms with van der Waals surface area (Å²) in [5, 5.41) is 11.0. The van der Waals surface area contributed by atoms with Crippen LogP contribution in [-0.2, 0) is 4.57 Å². The second kappa shape index (κ2) is 10.3. The monoisotopic (exact) mass is 590 g/mol. The van der Waals surface area contributed by atoms with Crippen molar-refractivity contribution in [1.82, 2.24) is 0 Å². The first kappa shape index (κ1) is 26.5. The van der Waals surface area contributed by atoms with Gasteiger partial charge in [0, 0.05) is 15.9 Å². The van der Waals surface area contributed by atoms with Crippen molar-refractivity contribution >= 4 is 66.1 Å². The van der Waals surface area contributed by atoms with Gasteiger partial charge in [-0.05, 0) is 109 Å². The van der Waals surface area contributed by atoms with Crippen molar-refractivity contribution in [2.24, 2.45) is 0 Å². The van der Waals surface area contributed by atoms with Gasteiger partial charge in [0.15, 0.2) is 7.14 Å².